The fourth-order valence-corrected chi connectivity index (χ4v) is 4.96. The van der Waals surface area contributed by atoms with Crippen LogP contribution in [0.2, 0.25) is 0 Å². The van der Waals surface area contributed by atoms with Gasteiger partial charge in [0.05, 0.1) is 10.6 Å². The van der Waals surface area contributed by atoms with Gasteiger partial charge in [0.15, 0.2) is 5.13 Å². The van der Waals surface area contributed by atoms with Crippen molar-refractivity contribution in [2.75, 3.05) is 10.0 Å². The van der Waals surface area contributed by atoms with Gasteiger partial charge in [-0.05, 0) is 42.3 Å². The van der Waals surface area contributed by atoms with Gasteiger partial charge < -0.3 is 5.32 Å². The summed E-state index contributed by atoms with van der Waals surface area (Å²) in [5.41, 5.74) is 4.98. The molecule has 0 fully saturated rings. The van der Waals surface area contributed by atoms with Crippen molar-refractivity contribution in [1.82, 2.24) is 4.98 Å². The number of nitrogens with zero attached hydrogens (tertiary/aromatic N) is 1. The van der Waals surface area contributed by atoms with Crippen LogP contribution in [-0.4, -0.2) is 19.3 Å². The Bertz CT molecular complexity index is 1360. The highest BCUT2D eigenvalue weighted by Crippen LogP contribution is 2.28. The van der Waals surface area contributed by atoms with E-state index in [0.717, 1.165) is 16.7 Å². The van der Waals surface area contributed by atoms with Crippen molar-refractivity contribution in [2.45, 2.75) is 18.7 Å². The number of carbonyl (C=O) groups excluding carboxylic acids is 1. The summed E-state index contributed by atoms with van der Waals surface area (Å²) in [4.78, 5) is 15.7. The molecule has 3 aromatic carbocycles. The molecule has 0 aliphatic rings. The number of aromatic nitrogens is 1. The summed E-state index contributed by atoms with van der Waals surface area (Å²) in [6.45, 7) is 3.44. The van der Waals surface area contributed by atoms with E-state index in [1.807, 2.05) is 42.6 Å². The van der Waals surface area contributed by atoms with Crippen LogP contribution in [-0.2, 0) is 14.8 Å². The number of carbonyl (C=O) groups is 1. The van der Waals surface area contributed by atoms with E-state index in [9.17, 15) is 13.2 Å². The van der Waals surface area contributed by atoms with Crippen LogP contribution >= 0.6 is 11.3 Å². The van der Waals surface area contributed by atoms with E-state index in [2.05, 4.69) is 15.0 Å². The maximum Gasteiger partial charge on any atom is 0.261 e. The van der Waals surface area contributed by atoms with Crippen molar-refractivity contribution in [3.8, 4) is 22.4 Å². The Hall–Kier alpha value is -3.49. The number of hydrogen-bond donors (Lipinski definition) is 2. The SMILES string of the molecule is CC(=O)Nc1nc(-c2cccc(NS(=O)(=O)c3ccc(-c4ccc(C)cc4)cc3)c2)cs1. The fourth-order valence-electron chi connectivity index (χ4n) is 3.14. The number of thiazole rings is 1. The van der Waals surface area contributed by atoms with Gasteiger partial charge in [-0.3, -0.25) is 9.52 Å². The number of rotatable bonds is 6. The minimum absolute atomic E-state index is 0.181. The molecule has 8 heteroatoms. The number of aryl methyl sites for hydroxylation is 1. The lowest BCUT2D eigenvalue weighted by atomic mass is 10.0. The van der Waals surface area contributed by atoms with Gasteiger partial charge >= 0.3 is 0 Å². The predicted molar refractivity (Wildman–Crippen MR) is 129 cm³/mol. The minimum Gasteiger partial charge on any atom is -0.302 e. The van der Waals surface area contributed by atoms with Gasteiger partial charge in [0.1, 0.15) is 0 Å². The summed E-state index contributed by atoms with van der Waals surface area (Å²) in [7, 11) is -3.75. The Kier molecular flexibility index (Phi) is 6.07. The first-order valence-electron chi connectivity index (χ1n) is 9.84. The standard InChI is InChI=1S/C24H21N3O3S2/c1-16-6-8-18(9-7-16)19-10-12-22(13-11-19)32(29,30)27-21-5-3-4-20(14-21)23-15-31-24(26-23)25-17(2)28/h3-15,27H,1-2H3,(H,25,26,28). The molecule has 0 atom stereocenters. The summed E-state index contributed by atoms with van der Waals surface area (Å²) in [5.74, 6) is -0.194. The molecular weight excluding hydrogens is 442 g/mol. The number of hydrogen-bond acceptors (Lipinski definition) is 5. The molecule has 162 valence electrons. The van der Waals surface area contributed by atoms with Crippen LogP contribution in [0.25, 0.3) is 22.4 Å². The number of nitrogens with one attached hydrogen (secondary N) is 2. The van der Waals surface area contributed by atoms with Crippen LogP contribution < -0.4 is 10.0 Å². The molecule has 0 aliphatic carbocycles. The zero-order valence-electron chi connectivity index (χ0n) is 17.5. The Morgan fingerprint density at radius 3 is 2.22 bits per heavy atom. The van der Waals surface area contributed by atoms with Gasteiger partial charge in [0.25, 0.3) is 10.0 Å². The summed E-state index contributed by atoms with van der Waals surface area (Å²) < 4.78 is 28.4. The molecule has 4 aromatic rings. The maximum absolute atomic E-state index is 12.9. The summed E-state index contributed by atoms with van der Waals surface area (Å²) in [5, 5.41) is 4.95. The van der Waals surface area contributed by atoms with Crippen molar-refractivity contribution in [3.63, 3.8) is 0 Å². The van der Waals surface area contributed by atoms with Gasteiger partial charge in [-0.2, -0.15) is 0 Å². The molecule has 0 aliphatic heterocycles. The average molecular weight is 464 g/mol. The lowest BCUT2D eigenvalue weighted by molar-refractivity contribution is -0.114. The van der Waals surface area contributed by atoms with Gasteiger partial charge in [-0.25, -0.2) is 13.4 Å². The molecule has 1 heterocycles. The molecule has 0 radical (unpaired) electrons. The van der Waals surface area contributed by atoms with Crippen molar-refractivity contribution in [3.05, 3.63) is 83.7 Å². The molecule has 0 spiro atoms. The van der Waals surface area contributed by atoms with E-state index in [-0.39, 0.29) is 10.8 Å². The second kappa shape index (κ2) is 8.94. The smallest absolute Gasteiger partial charge is 0.261 e. The molecule has 2 N–H and O–H groups in total. The summed E-state index contributed by atoms with van der Waals surface area (Å²) in [6, 6.07) is 21.9. The third-order valence-electron chi connectivity index (χ3n) is 4.75. The van der Waals surface area contributed by atoms with Gasteiger partial charge in [-0.15, -0.1) is 11.3 Å². The topological polar surface area (TPSA) is 88.2 Å². The summed E-state index contributed by atoms with van der Waals surface area (Å²) >= 11 is 1.31. The highest BCUT2D eigenvalue weighted by atomic mass is 32.2. The van der Waals surface area contributed by atoms with E-state index < -0.39 is 10.0 Å². The third-order valence-corrected chi connectivity index (χ3v) is 6.90. The fraction of sp³-hybridized carbons (Fsp3) is 0.0833. The van der Waals surface area contributed by atoms with E-state index in [1.165, 1.54) is 23.8 Å². The first kappa shape index (κ1) is 21.7. The summed E-state index contributed by atoms with van der Waals surface area (Å²) in [6.07, 6.45) is 0. The van der Waals surface area contributed by atoms with Crippen LogP contribution in [0.15, 0.2) is 83.1 Å². The molecule has 1 amide bonds. The molecule has 0 saturated carbocycles. The Labute approximate surface area is 191 Å². The van der Waals surface area contributed by atoms with Crippen molar-refractivity contribution in [1.29, 1.82) is 0 Å². The highest BCUT2D eigenvalue weighted by molar-refractivity contribution is 7.92. The van der Waals surface area contributed by atoms with E-state index >= 15 is 0 Å². The van der Waals surface area contributed by atoms with Crippen LogP contribution in [0.4, 0.5) is 10.8 Å². The van der Waals surface area contributed by atoms with E-state index in [4.69, 9.17) is 0 Å². The second-order valence-corrected chi connectivity index (χ2v) is 9.84. The zero-order chi connectivity index (χ0) is 22.7. The third kappa shape index (κ3) is 5.04. The normalized spacial score (nSPS) is 11.2. The molecule has 0 unspecified atom stereocenters. The monoisotopic (exact) mass is 463 g/mol. The van der Waals surface area contributed by atoms with E-state index in [0.29, 0.717) is 16.5 Å². The lowest BCUT2D eigenvalue weighted by Crippen LogP contribution is -2.12. The van der Waals surface area contributed by atoms with Crippen molar-refractivity contribution >= 4 is 38.1 Å². The number of benzene rings is 3. The van der Waals surface area contributed by atoms with Crippen LogP contribution in [0.1, 0.15) is 12.5 Å². The minimum atomic E-state index is -3.75. The number of anilines is 2. The Morgan fingerprint density at radius 2 is 1.56 bits per heavy atom. The lowest BCUT2D eigenvalue weighted by Gasteiger charge is -2.10. The van der Waals surface area contributed by atoms with Gasteiger partial charge in [-0.1, -0.05) is 54.1 Å². The van der Waals surface area contributed by atoms with Gasteiger partial charge in [0.2, 0.25) is 5.91 Å². The molecule has 1 aromatic heterocycles. The quantitative estimate of drug-likeness (QED) is 0.393. The predicted octanol–water partition coefficient (Wildman–Crippen LogP) is 5.54. The van der Waals surface area contributed by atoms with Crippen LogP contribution in [0.3, 0.4) is 0 Å². The van der Waals surface area contributed by atoms with E-state index in [1.54, 1.807) is 42.5 Å². The largest absolute Gasteiger partial charge is 0.302 e. The zero-order valence-corrected chi connectivity index (χ0v) is 19.1. The molecule has 0 saturated heterocycles. The highest BCUT2D eigenvalue weighted by Gasteiger charge is 2.15. The molecule has 4 rings (SSSR count). The molecule has 0 bridgehead atoms. The molecular formula is C24H21N3O3S2. The van der Waals surface area contributed by atoms with Crippen LogP contribution in [0.5, 0.6) is 0 Å². The van der Waals surface area contributed by atoms with Gasteiger partial charge in [0, 0.05) is 23.6 Å². The second-order valence-electron chi connectivity index (χ2n) is 7.30. The number of sulfonamides is 1. The molecule has 6 nitrogen and oxygen atoms in total. The van der Waals surface area contributed by atoms with Crippen molar-refractivity contribution < 1.29 is 13.2 Å². The average Bonchev–Trinajstić information content (AvgIpc) is 3.22. The number of amides is 1. The van der Waals surface area contributed by atoms with Crippen molar-refractivity contribution in [2.24, 2.45) is 0 Å². The first-order valence-corrected chi connectivity index (χ1v) is 12.2. The maximum atomic E-state index is 12.9. The Morgan fingerprint density at radius 1 is 0.906 bits per heavy atom. The molecule has 32 heavy (non-hydrogen) atoms. The first-order chi connectivity index (χ1) is 15.3. The van der Waals surface area contributed by atoms with Crippen LogP contribution in [0, 0.1) is 6.92 Å². The Balaban J connectivity index is 1.53.